The van der Waals surface area contributed by atoms with Gasteiger partial charge in [0.25, 0.3) is 5.91 Å². The Morgan fingerprint density at radius 3 is 2.94 bits per heavy atom. The second-order valence-corrected chi connectivity index (χ2v) is 5.27. The van der Waals surface area contributed by atoms with Gasteiger partial charge in [-0.05, 0) is 18.2 Å². The number of alkyl halides is 2. The van der Waals surface area contributed by atoms with E-state index < -0.39 is 10.7 Å². The number of nitrogens with zero attached hydrogens (tertiary/aromatic N) is 1. The van der Waals surface area contributed by atoms with Crippen molar-refractivity contribution in [3.8, 4) is 5.75 Å². The van der Waals surface area contributed by atoms with Gasteiger partial charge in [-0.15, -0.1) is 0 Å². The van der Waals surface area contributed by atoms with Crippen LogP contribution in [-0.4, -0.2) is 22.8 Å². The number of methoxy groups -OCH3 is 1. The first-order valence-electron chi connectivity index (χ1n) is 4.64. The lowest BCUT2D eigenvalue weighted by atomic mass is 10.3. The highest BCUT2D eigenvalue weighted by molar-refractivity contribution is 7.22. The molecule has 0 bridgehead atoms. The minimum atomic E-state index is -1.10. The van der Waals surface area contributed by atoms with Crippen LogP contribution in [0, 0.1) is 0 Å². The van der Waals surface area contributed by atoms with Crippen LogP contribution >= 0.6 is 34.5 Å². The number of amides is 1. The zero-order chi connectivity index (χ0) is 12.4. The van der Waals surface area contributed by atoms with E-state index in [-0.39, 0.29) is 0 Å². The van der Waals surface area contributed by atoms with Gasteiger partial charge in [0.05, 0.1) is 17.3 Å². The third-order valence-electron chi connectivity index (χ3n) is 2.02. The van der Waals surface area contributed by atoms with E-state index in [2.05, 4.69) is 10.3 Å². The number of fused-ring (bicyclic) bond motifs is 1. The van der Waals surface area contributed by atoms with Crippen LogP contribution in [0.3, 0.4) is 0 Å². The van der Waals surface area contributed by atoms with E-state index in [0.29, 0.717) is 5.13 Å². The van der Waals surface area contributed by atoms with E-state index in [9.17, 15) is 4.79 Å². The predicted octanol–water partition coefficient (Wildman–Crippen LogP) is 3.05. The molecule has 0 spiro atoms. The molecule has 0 atom stereocenters. The van der Waals surface area contributed by atoms with Crippen LogP contribution in [-0.2, 0) is 4.79 Å². The molecule has 2 rings (SSSR count). The summed E-state index contributed by atoms with van der Waals surface area (Å²) >= 11 is 12.2. The quantitative estimate of drug-likeness (QED) is 0.884. The Labute approximate surface area is 111 Å². The number of hydrogen-bond acceptors (Lipinski definition) is 4. The molecule has 2 aromatic rings. The summed E-state index contributed by atoms with van der Waals surface area (Å²) in [5.74, 6) is 0.256. The number of rotatable bonds is 3. The van der Waals surface area contributed by atoms with Gasteiger partial charge in [0.15, 0.2) is 9.97 Å². The normalized spacial score (nSPS) is 10.8. The molecular weight excluding hydrogens is 283 g/mol. The van der Waals surface area contributed by atoms with Crippen molar-refractivity contribution in [3.63, 3.8) is 0 Å². The van der Waals surface area contributed by atoms with Crippen LogP contribution in [0.1, 0.15) is 0 Å². The molecule has 0 aliphatic rings. The molecule has 1 amide bonds. The van der Waals surface area contributed by atoms with Gasteiger partial charge in [-0.25, -0.2) is 4.98 Å². The van der Waals surface area contributed by atoms with Crippen molar-refractivity contribution < 1.29 is 9.53 Å². The summed E-state index contributed by atoms with van der Waals surface area (Å²) in [4.78, 5) is 14.4. The number of hydrogen-bond donors (Lipinski definition) is 1. The van der Waals surface area contributed by atoms with Gasteiger partial charge < -0.3 is 4.74 Å². The lowest BCUT2D eigenvalue weighted by molar-refractivity contribution is -0.114. The van der Waals surface area contributed by atoms with E-state index in [0.717, 1.165) is 16.0 Å². The van der Waals surface area contributed by atoms with E-state index in [1.807, 2.05) is 12.1 Å². The lowest BCUT2D eigenvalue weighted by Gasteiger charge is -1.99. The van der Waals surface area contributed by atoms with Gasteiger partial charge >= 0.3 is 0 Å². The van der Waals surface area contributed by atoms with Crippen molar-refractivity contribution in [1.29, 1.82) is 0 Å². The maximum Gasteiger partial charge on any atom is 0.259 e. The van der Waals surface area contributed by atoms with Crippen molar-refractivity contribution in [3.05, 3.63) is 18.2 Å². The van der Waals surface area contributed by atoms with Gasteiger partial charge in [0, 0.05) is 0 Å². The SMILES string of the molecule is COc1ccc2nc(NC(=O)C(Cl)Cl)sc2c1. The van der Waals surface area contributed by atoms with Crippen molar-refractivity contribution in [2.24, 2.45) is 0 Å². The second kappa shape index (κ2) is 5.08. The van der Waals surface area contributed by atoms with Crippen molar-refractivity contribution in [2.45, 2.75) is 4.84 Å². The summed E-state index contributed by atoms with van der Waals surface area (Å²) in [6, 6.07) is 5.47. The van der Waals surface area contributed by atoms with Gasteiger partial charge in [0.1, 0.15) is 5.75 Å². The average Bonchev–Trinajstić information content (AvgIpc) is 2.69. The number of carbonyl (C=O) groups is 1. The first-order chi connectivity index (χ1) is 8.10. The standard InChI is InChI=1S/C10H8Cl2N2O2S/c1-16-5-2-3-6-7(4-5)17-10(13-6)14-9(15)8(11)12/h2-4,8H,1H3,(H,13,14,15). The molecule has 1 aromatic heterocycles. The van der Waals surface area contributed by atoms with Gasteiger partial charge in [-0.3, -0.25) is 10.1 Å². The van der Waals surface area contributed by atoms with Crippen LogP contribution in [0.4, 0.5) is 5.13 Å². The van der Waals surface area contributed by atoms with E-state index in [1.165, 1.54) is 11.3 Å². The fourth-order valence-electron chi connectivity index (χ4n) is 1.25. The van der Waals surface area contributed by atoms with Crippen LogP contribution in [0.25, 0.3) is 10.2 Å². The molecule has 0 aliphatic heterocycles. The lowest BCUT2D eigenvalue weighted by Crippen LogP contribution is -2.18. The van der Waals surface area contributed by atoms with E-state index in [1.54, 1.807) is 13.2 Å². The molecule has 0 aliphatic carbocycles. The summed E-state index contributed by atoms with van der Waals surface area (Å²) in [5.41, 5.74) is 0.784. The molecule has 17 heavy (non-hydrogen) atoms. The molecule has 0 unspecified atom stereocenters. The molecular formula is C10H8Cl2N2O2S. The van der Waals surface area contributed by atoms with Crippen LogP contribution in [0.15, 0.2) is 18.2 Å². The maximum atomic E-state index is 11.3. The minimum absolute atomic E-state index is 0.463. The molecule has 7 heteroatoms. The first-order valence-corrected chi connectivity index (χ1v) is 6.32. The summed E-state index contributed by atoms with van der Waals surface area (Å²) < 4.78 is 6.02. The smallest absolute Gasteiger partial charge is 0.259 e. The molecule has 1 N–H and O–H groups in total. The Hall–Kier alpha value is -1.04. The second-order valence-electron chi connectivity index (χ2n) is 3.14. The number of halogens is 2. The fourth-order valence-corrected chi connectivity index (χ4v) is 2.25. The van der Waals surface area contributed by atoms with Crippen molar-refractivity contribution in [1.82, 2.24) is 4.98 Å². The molecule has 1 aromatic carbocycles. The van der Waals surface area contributed by atoms with Crippen LogP contribution < -0.4 is 10.1 Å². The molecule has 0 radical (unpaired) electrons. The third kappa shape index (κ3) is 2.80. The number of aromatic nitrogens is 1. The van der Waals surface area contributed by atoms with Crippen LogP contribution in [0.2, 0.25) is 0 Å². The number of benzene rings is 1. The Morgan fingerprint density at radius 1 is 1.53 bits per heavy atom. The summed E-state index contributed by atoms with van der Waals surface area (Å²) in [5, 5.41) is 2.99. The van der Waals surface area contributed by atoms with E-state index >= 15 is 0 Å². The highest BCUT2D eigenvalue weighted by Gasteiger charge is 2.14. The zero-order valence-corrected chi connectivity index (χ0v) is 11.1. The topological polar surface area (TPSA) is 51.2 Å². The Bertz CT molecular complexity index is 556. The first kappa shape index (κ1) is 12.4. The number of anilines is 1. The Kier molecular flexibility index (Phi) is 3.71. The fraction of sp³-hybridized carbons (Fsp3) is 0.200. The highest BCUT2D eigenvalue weighted by Crippen LogP contribution is 2.29. The average molecular weight is 291 g/mol. The number of ether oxygens (including phenoxy) is 1. The number of nitrogens with one attached hydrogen (secondary N) is 1. The molecule has 0 fully saturated rings. The third-order valence-corrected chi connectivity index (χ3v) is 3.35. The Morgan fingerprint density at radius 2 is 2.29 bits per heavy atom. The predicted molar refractivity (Wildman–Crippen MR) is 70.3 cm³/mol. The molecule has 0 saturated heterocycles. The summed E-state index contributed by atoms with van der Waals surface area (Å²) in [6.45, 7) is 0. The molecule has 90 valence electrons. The number of thiazole rings is 1. The molecule has 1 heterocycles. The van der Waals surface area contributed by atoms with Crippen molar-refractivity contribution >= 4 is 55.8 Å². The van der Waals surface area contributed by atoms with Gasteiger partial charge in [0.2, 0.25) is 0 Å². The summed E-state index contributed by atoms with van der Waals surface area (Å²) in [7, 11) is 1.59. The Balaban J connectivity index is 2.28. The van der Waals surface area contributed by atoms with Gasteiger partial charge in [-0.1, -0.05) is 34.5 Å². The minimum Gasteiger partial charge on any atom is -0.497 e. The molecule has 0 saturated carbocycles. The largest absolute Gasteiger partial charge is 0.497 e. The maximum absolute atomic E-state index is 11.3. The van der Waals surface area contributed by atoms with Crippen molar-refractivity contribution in [2.75, 3.05) is 12.4 Å². The highest BCUT2D eigenvalue weighted by atomic mass is 35.5. The monoisotopic (exact) mass is 290 g/mol. The van der Waals surface area contributed by atoms with Crippen LogP contribution in [0.5, 0.6) is 5.75 Å². The number of carbonyl (C=O) groups excluding carboxylic acids is 1. The zero-order valence-electron chi connectivity index (χ0n) is 8.74. The van der Waals surface area contributed by atoms with E-state index in [4.69, 9.17) is 27.9 Å². The van der Waals surface area contributed by atoms with Gasteiger partial charge in [-0.2, -0.15) is 0 Å². The molecule has 4 nitrogen and oxygen atoms in total. The summed E-state index contributed by atoms with van der Waals surface area (Å²) in [6.07, 6.45) is 0.